The molecule has 1 saturated heterocycles. The number of rotatable bonds is 5. The van der Waals surface area contributed by atoms with Crippen LogP contribution in [-0.2, 0) is 16.2 Å². The van der Waals surface area contributed by atoms with Gasteiger partial charge in [-0.2, -0.15) is 0 Å². The van der Waals surface area contributed by atoms with Crippen LogP contribution in [0.15, 0.2) is 54.6 Å². The Hall–Kier alpha value is -2.82. The maximum absolute atomic E-state index is 12.2. The van der Waals surface area contributed by atoms with Gasteiger partial charge >= 0.3 is 0 Å². The zero-order chi connectivity index (χ0) is 16.9. The molecule has 0 saturated carbocycles. The van der Waals surface area contributed by atoms with E-state index in [-0.39, 0.29) is 17.9 Å². The number of amides is 2. The number of hydrogen-bond acceptors (Lipinski definition) is 3. The third-order valence-electron chi connectivity index (χ3n) is 4.17. The van der Waals surface area contributed by atoms with Crippen molar-refractivity contribution in [2.45, 2.75) is 25.5 Å². The summed E-state index contributed by atoms with van der Waals surface area (Å²) in [5.41, 5.74) is 1.80. The van der Waals surface area contributed by atoms with Gasteiger partial charge in [0.1, 0.15) is 18.4 Å². The Morgan fingerprint density at radius 3 is 2.50 bits per heavy atom. The second kappa shape index (κ2) is 7.17. The Morgan fingerprint density at radius 1 is 1.17 bits per heavy atom. The van der Waals surface area contributed by atoms with Crippen molar-refractivity contribution in [1.29, 1.82) is 0 Å². The van der Waals surface area contributed by atoms with Crippen LogP contribution in [0.4, 0.5) is 5.69 Å². The number of likely N-dealkylation sites (tertiary alicyclic amines) is 1. The molecule has 124 valence electrons. The first-order valence-corrected chi connectivity index (χ1v) is 7.97. The summed E-state index contributed by atoms with van der Waals surface area (Å²) in [6, 6.07) is 16.8. The molecule has 1 heterocycles. The molecule has 0 radical (unpaired) electrons. The summed E-state index contributed by atoms with van der Waals surface area (Å²) in [5.74, 6) is 0.603. The lowest BCUT2D eigenvalue weighted by Gasteiger charge is -2.19. The van der Waals surface area contributed by atoms with Gasteiger partial charge in [0, 0.05) is 19.2 Å². The second-order valence-corrected chi connectivity index (χ2v) is 5.85. The molecule has 1 atom stereocenters. The van der Waals surface area contributed by atoms with Crippen molar-refractivity contribution >= 4 is 17.5 Å². The third kappa shape index (κ3) is 3.74. The largest absolute Gasteiger partial charge is 0.489 e. The summed E-state index contributed by atoms with van der Waals surface area (Å²) >= 11 is 0. The minimum Gasteiger partial charge on any atom is -0.489 e. The van der Waals surface area contributed by atoms with Crippen molar-refractivity contribution in [3.63, 3.8) is 0 Å². The Kier molecular flexibility index (Phi) is 4.79. The maximum atomic E-state index is 12.2. The molecule has 2 amide bonds. The Labute approximate surface area is 141 Å². The van der Waals surface area contributed by atoms with E-state index in [1.807, 2.05) is 42.5 Å². The molecule has 24 heavy (non-hydrogen) atoms. The first-order chi connectivity index (χ1) is 11.6. The van der Waals surface area contributed by atoms with E-state index in [9.17, 15) is 9.59 Å². The molecule has 0 aromatic heterocycles. The molecule has 0 aliphatic carbocycles. The first kappa shape index (κ1) is 16.1. The van der Waals surface area contributed by atoms with Crippen LogP contribution >= 0.6 is 0 Å². The number of nitrogens with one attached hydrogen (secondary N) is 1. The van der Waals surface area contributed by atoms with Crippen molar-refractivity contribution in [3.05, 3.63) is 60.2 Å². The molecule has 2 aromatic carbocycles. The summed E-state index contributed by atoms with van der Waals surface area (Å²) in [6.07, 6.45) is 1.00. The molecule has 0 spiro atoms. The lowest BCUT2D eigenvalue weighted by molar-refractivity contribution is -0.131. The van der Waals surface area contributed by atoms with Gasteiger partial charge < -0.3 is 15.0 Å². The van der Waals surface area contributed by atoms with Crippen LogP contribution in [0.25, 0.3) is 0 Å². The second-order valence-electron chi connectivity index (χ2n) is 5.85. The van der Waals surface area contributed by atoms with E-state index >= 15 is 0 Å². The number of hydrogen-bond donors (Lipinski definition) is 1. The van der Waals surface area contributed by atoms with E-state index in [0.717, 1.165) is 11.3 Å². The van der Waals surface area contributed by atoms with E-state index in [2.05, 4.69) is 5.32 Å². The predicted octanol–water partition coefficient (Wildman–Crippen LogP) is 2.82. The van der Waals surface area contributed by atoms with Crippen LogP contribution in [-0.4, -0.2) is 29.8 Å². The van der Waals surface area contributed by atoms with E-state index in [0.29, 0.717) is 25.1 Å². The number of nitrogens with zero attached hydrogens (tertiary/aromatic N) is 1. The molecule has 5 heteroatoms. The monoisotopic (exact) mass is 324 g/mol. The SMILES string of the molecule is CN1C(=O)CCC1C(=O)Nc1ccc(OCc2ccccc2)cc1. The van der Waals surface area contributed by atoms with E-state index in [1.54, 1.807) is 19.2 Å². The van der Waals surface area contributed by atoms with Crippen LogP contribution in [0, 0.1) is 0 Å². The Bertz CT molecular complexity index is 713. The summed E-state index contributed by atoms with van der Waals surface area (Å²) in [4.78, 5) is 25.2. The highest BCUT2D eigenvalue weighted by molar-refractivity contribution is 5.98. The molecular formula is C19H20N2O3. The van der Waals surface area contributed by atoms with Crippen LogP contribution < -0.4 is 10.1 Å². The van der Waals surface area contributed by atoms with Gasteiger partial charge in [0.15, 0.2) is 0 Å². The fraction of sp³-hybridized carbons (Fsp3) is 0.263. The molecule has 1 unspecified atom stereocenters. The average Bonchev–Trinajstić information content (AvgIpc) is 2.94. The first-order valence-electron chi connectivity index (χ1n) is 7.97. The van der Waals surface area contributed by atoms with Gasteiger partial charge in [-0.15, -0.1) is 0 Å². The standard InChI is InChI=1S/C19H20N2O3/c1-21-17(11-12-18(21)22)19(23)20-15-7-9-16(10-8-15)24-13-14-5-3-2-4-6-14/h2-10,17H,11-13H2,1H3,(H,20,23). The molecule has 5 nitrogen and oxygen atoms in total. The molecule has 1 N–H and O–H groups in total. The highest BCUT2D eigenvalue weighted by atomic mass is 16.5. The normalized spacial score (nSPS) is 17.0. The maximum Gasteiger partial charge on any atom is 0.247 e. The van der Waals surface area contributed by atoms with Crippen LogP contribution in [0.1, 0.15) is 18.4 Å². The average molecular weight is 324 g/mol. The van der Waals surface area contributed by atoms with E-state index in [1.165, 1.54) is 4.90 Å². The number of carbonyl (C=O) groups excluding carboxylic acids is 2. The van der Waals surface area contributed by atoms with Crippen LogP contribution in [0.2, 0.25) is 0 Å². The molecular weight excluding hydrogens is 304 g/mol. The Morgan fingerprint density at radius 2 is 1.88 bits per heavy atom. The zero-order valence-corrected chi connectivity index (χ0v) is 13.6. The highest BCUT2D eigenvalue weighted by Crippen LogP contribution is 2.20. The minimum absolute atomic E-state index is 0.0137. The molecule has 1 fully saturated rings. The fourth-order valence-corrected chi connectivity index (χ4v) is 2.71. The fourth-order valence-electron chi connectivity index (χ4n) is 2.71. The van der Waals surface area contributed by atoms with Gasteiger partial charge in [-0.25, -0.2) is 0 Å². The van der Waals surface area contributed by atoms with E-state index < -0.39 is 0 Å². The van der Waals surface area contributed by atoms with Gasteiger partial charge in [-0.1, -0.05) is 30.3 Å². The van der Waals surface area contributed by atoms with Gasteiger partial charge in [-0.3, -0.25) is 9.59 Å². The molecule has 2 aromatic rings. The highest BCUT2D eigenvalue weighted by Gasteiger charge is 2.33. The van der Waals surface area contributed by atoms with E-state index in [4.69, 9.17) is 4.74 Å². The summed E-state index contributed by atoms with van der Waals surface area (Å²) < 4.78 is 5.72. The predicted molar refractivity (Wildman–Crippen MR) is 91.6 cm³/mol. The smallest absolute Gasteiger partial charge is 0.247 e. The topological polar surface area (TPSA) is 58.6 Å². The van der Waals surface area contributed by atoms with Crippen molar-refractivity contribution < 1.29 is 14.3 Å². The van der Waals surface area contributed by atoms with Gasteiger partial charge in [0.2, 0.25) is 11.8 Å². The van der Waals surface area contributed by atoms with Crippen molar-refractivity contribution in [2.24, 2.45) is 0 Å². The summed E-state index contributed by atoms with van der Waals surface area (Å²) in [5, 5.41) is 2.85. The Balaban J connectivity index is 1.54. The lowest BCUT2D eigenvalue weighted by Crippen LogP contribution is -2.38. The van der Waals surface area contributed by atoms with Gasteiger partial charge in [0.05, 0.1) is 0 Å². The lowest BCUT2D eigenvalue weighted by atomic mass is 10.2. The number of ether oxygens (including phenoxy) is 1. The zero-order valence-electron chi connectivity index (χ0n) is 13.6. The quantitative estimate of drug-likeness (QED) is 0.920. The summed E-state index contributed by atoms with van der Waals surface area (Å²) in [7, 11) is 1.67. The summed E-state index contributed by atoms with van der Waals surface area (Å²) in [6.45, 7) is 0.502. The molecule has 0 bridgehead atoms. The molecule has 1 aliphatic rings. The third-order valence-corrected chi connectivity index (χ3v) is 4.17. The van der Waals surface area contributed by atoms with Crippen molar-refractivity contribution in [1.82, 2.24) is 4.90 Å². The van der Waals surface area contributed by atoms with Gasteiger partial charge in [0.25, 0.3) is 0 Å². The van der Waals surface area contributed by atoms with Crippen LogP contribution in [0.3, 0.4) is 0 Å². The van der Waals surface area contributed by atoms with Gasteiger partial charge in [-0.05, 0) is 36.2 Å². The number of anilines is 1. The van der Waals surface area contributed by atoms with Crippen LogP contribution in [0.5, 0.6) is 5.75 Å². The number of carbonyl (C=O) groups is 2. The minimum atomic E-state index is -0.383. The number of benzene rings is 2. The van der Waals surface area contributed by atoms with Crippen molar-refractivity contribution in [3.8, 4) is 5.75 Å². The molecule has 1 aliphatic heterocycles. The molecule has 3 rings (SSSR count). The number of likely N-dealkylation sites (N-methyl/N-ethyl adjacent to an activating group) is 1. The van der Waals surface area contributed by atoms with Crippen molar-refractivity contribution in [2.75, 3.05) is 12.4 Å².